The Morgan fingerprint density at radius 2 is 1.46 bits per heavy atom. The second-order valence-corrected chi connectivity index (χ2v) is 7.76. The molecule has 0 bridgehead atoms. The average Bonchev–Trinajstić information content (AvgIpc) is 2.75. The van der Waals surface area contributed by atoms with E-state index < -0.39 is 0 Å². The van der Waals surface area contributed by atoms with Gasteiger partial charge in [-0.05, 0) is 69.7 Å². The van der Waals surface area contributed by atoms with E-state index in [4.69, 9.17) is 0 Å². The van der Waals surface area contributed by atoms with Crippen LogP contribution < -0.4 is 15.1 Å². The van der Waals surface area contributed by atoms with Gasteiger partial charge in [-0.1, -0.05) is 0 Å². The quantitative estimate of drug-likeness (QED) is 0.869. The van der Waals surface area contributed by atoms with Gasteiger partial charge in [0.05, 0.1) is 0 Å². The summed E-state index contributed by atoms with van der Waals surface area (Å²) in [4.78, 5) is 26.3. The molecule has 1 aromatic carbocycles. The van der Waals surface area contributed by atoms with E-state index in [9.17, 15) is 4.79 Å². The molecule has 4 rings (SSSR count). The van der Waals surface area contributed by atoms with Crippen LogP contribution in [0.15, 0.2) is 30.3 Å². The maximum atomic E-state index is 12.8. The lowest BCUT2D eigenvalue weighted by molar-refractivity contribution is 0.102. The summed E-state index contributed by atoms with van der Waals surface area (Å²) < 4.78 is 0. The van der Waals surface area contributed by atoms with Crippen LogP contribution in [0.1, 0.15) is 54.8 Å². The number of anilines is 3. The molecular weight excluding hydrogens is 350 g/mol. The molecule has 0 spiro atoms. The third kappa shape index (κ3) is 4.43. The normalized spacial score (nSPS) is 17.5. The van der Waals surface area contributed by atoms with Crippen LogP contribution in [0.5, 0.6) is 0 Å². The molecule has 1 amide bonds. The number of benzene rings is 1. The molecule has 0 atom stereocenters. The predicted molar refractivity (Wildman–Crippen MR) is 113 cm³/mol. The van der Waals surface area contributed by atoms with Crippen molar-refractivity contribution in [1.82, 2.24) is 9.97 Å². The second-order valence-electron chi connectivity index (χ2n) is 7.76. The second kappa shape index (κ2) is 8.59. The minimum atomic E-state index is -0.186. The van der Waals surface area contributed by atoms with Gasteiger partial charge >= 0.3 is 0 Å². The van der Waals surface area contributed by atoms with E-state index >= 15 is 0 Å². The molecule has 1 N–H and O–H groups in total. The number of nitrogens with zero attached hydrogens (tertiary/aromatic N) is 4. The fourth-order valence-electron chi connectivity index (χ4n) is 4.06. The lowest BCUT2D eigenvalue weighted by Gasteiger charge is -2.29. The van der Waals surface area contributed by atoms with E-state index in [0.717, 1.165) is 37.7 Å². The first-order valence-electron chi connectivity index (χ1n) is 10.5. The smallest absolute Gasteiger partial charge is 0.274 e. The van der Waals surface area contributed by atoms with Gasteiger partial charge in [-0.15, -0.1) is 0 Å². The van der Waals surface area contributed by atoms with E-state index in [1.807, 2.05) is 25.1 Å². The van der Waals surface area contributed by atoms with Gasteiger partial charge in [0.25, 0.3) is 5.91 Å². The summed E-state index contributed by atoms with van der Waals surface area (Å²) in [6.45, 7) is 6.07. The third-order valence-electron chi connectivity index (χ3n) is 5.58. The summed E-state index contributed by atoms with van der Waals surface area (Å²) in [5.41, 5.74) is 2.44. The molecule has 148 valence electrons. The van der Waals surface area contributed by atoms with Crippen molar-refractivity contribution in [1.29, 1.82) is 0 Å². The van der Waals surface area contributed by atoms with Gasteiger partial charge in [0, 0.05) is 43.6 Å². The summed E-state index contributed by atoms with van der Waals surface area (Å²) in [5, 5.41) is 2.98. The molecule has 2 aliphatic rings. The van der Waals surface area contributed by atoms with Crippen molar-refractivity contribution in [2.75, 3.05) is 41.3 Å². The monoisotopic (exact) mass is 379 g/mol. The van der Waals surface area contributed by atoms with Crippen molar-refractivity contribution in [2.24, 2.45) is 0 Å². The molecule has 0 unspecified atom stereocenters. The Morgan fingerprint density at radius 3 is 2.11 bits per heavy atom. The Morgan fingerprint density at radius 1 is 0.857 bits per heavy atom. The number of aryl methyl sites for hydroxylation is 1. The number of aromatic nitrogens is 2. The SMILES string of the molecule is Cc1nc(C(=O)Nc2ccc(N3CCCCC3)cc2)cc(N2CCCCC2)n1. The summed E-state index contributed by atoms with van der Waals surface area (Å²) in [5.74, 6) is 1.31. The number of piperidine rings is 2. The van der Waals surface area contributed by atoms with Crippen LogP contribution in [0.2, 0.25) is 0 Å². The number of hydrogen-bond acceptors (Lipinski definition) is 5. The number of rotatable bonds is 4. The van der Waals surface area contributed by atoms with E-state index in [-0.39, 0.29) is 5.91 Å². The van der Waals surface area contributed by atoms with Gasteiger partial charge in [0.1, 0.15) is 17.3 Å². The zero-order chi connectivity index (χ0) is 19.3. The topological polar surface area (TPSA) is 61.4 Å². The minimum absolute atomic E-state index is 0.186. The number of hydrogen-bond donors (Lipinski definition) is 1. The zero-order valence-corrected chi connectivity index (χ0v) is 16.7. The van der Waals surface area contributed by atoms with Crippen molar-refractivity contribution in [3.05, 3.63) is 41.9 Å². The van der Waals surface area contributed by atoms with Gasteiger partial charge in [0.2, 0.25) is 0 Å². The highest BCUT2D eigenvalue weighted by molar-refractivity contribution is 6.03. The number of carbonyl (C=O) groups excluding carboxylic acids is 1. The zero-order valence-electron chi connectivity index (χ0n) is 16.7. The molecule has 2 aliphatic heterocycles. The fraction of sp³-hybridized carbons (Fsp3) is 0.500. The molecule has 0 saturated carbocycles. The summed E-state index contributed by atoms with van der Waals surface area (Å²) in [6.07, 6.45) is 7.45. The van der Waals surface area contributed by atoms with Crippen molar-refractivity contribution in [3.8, 4) is 0 Å². The van der Waals surface area contributed by atoms with E-state index in [2.05, 4.69) is 37.2 Å². The average molecular weight is 380 g/mol. The van der Waals surface area contributed by atoms with Crippen LogP contribution in [-0.4, -0.2) is 42.1 Å². The number of carbonyl (C=O) groups is 1. The van der Waals surface area contributed by atoms with E-state index in [1.54, 1.807) is 0 Å². The lowest BCUT2D eigenvalue weighted by Crippen LogP contribution is -2.31. The Balaban J connectivity index is 1.45. The highest BCUT2D eigenvalue weighted by Gasteiger charge is 2.17. The van der Waals surface area contributed by atoms with Gasteiger partial charge in [0.15, 0.2) is 0 Å². The highest BCUT2D eigenvalue weighted by Crippen LogP contribution is 2.23. The molecule has 3 heterocycles. The molecular formula is C22H29N5O. The maximum Gasteiger partial charge on any atom is 0.274 e. The molecule has 0 radical (unpaired) electrons. The van der Waals surface area contributed by atoms with Gasteiger partial charge < -0.3 is 15.1 Å². The first-order chi connectivity index (χ1) is 13.7. The van der Waals surface area contributed by atoms with Crippen molar-refractivity contribution in [3.63, 3.8) is 0 Å². The maximum absolute atomic E-state index is 12.8. The fourth-order valence-corrected chi connectivity index (χ4v) is 4.06. The Bertz CT molecular complexity index is 808. The Kier molecular flexibility index (Phi) is 5.74. The number of nitrogens with one attached hydrogen (secondary N) is 1. The summed E-state index contributed by atoms with van der Waals surface area (Å²) in [7, 11) is 0. The summed E-state index contributed by atoms with van der Waals surface area (Å²) in [6, 6.07) is 9.94. The molecule has 6 heteroatoms. The largest absolute Gasteiger partial charge is 0.372 e. The molecule has 2 fully saturated rings. The standard InChI is InChI=1S/C22H29N5O/c1-17-23-20(16-21(24-17)27-14-6-3-7-15-27)22(28)25-18-8-10-19(11-9-18)26-12-4-2-5-13-26/h8-11,16H,2-7,12-15H2,1H3,(H,25,28). The molecule has 2 aromatic rings. The Hall–Kier alpha value is -2.63. The van der Waals surface area contributed by atoms with Crippen LogP contribution in [-0.2, 0) is 0 Å². The lowest BCUT2D eigenvalue weighted by atomic mass is 10.1. The van der Waals surface area contributed by atoms with Crippen LogP contribution in [0.25, 0.3) is 0 Å². The molecule has 28 heavy (non-hydrogen) atoms. The number of amides is 1. The Labute approximate surface area is 167 Å². The minimum Gasteiger partial charge on any atom is -0.372 e. The van der Waals surface area contributed by atoms with E-state index in [1.165, 1.54) is 44.2 Å². The highest BCUT2D eigenvalue weighted by atomic mass is 16.1. The summed E-state index contributed by atoms with van der Waals surface area (Å²) >= 11 is 0. The molecule has 6 nitrogen and oxygen atoms in total. The van der Waals surface area contributed by atoms with Crippen LogP contribution in [0.4, 0.5) is 17.2 Å². The van der Waals surface area contributed by atoms with Crippen molar-refractivity contribution < 1.29 is 4.79 Å². The first kappa shape index (κ1) is 18.7. The van der Waals surface area contributed by atoms with Crippen LogP contribution in [0.3, 0.4) is 0 Å². The first-order valence-corrected chi connectivity index (χ1v) is 10.5. The predicted octanol–water partition coefficient (Wildman–Crippen LogP) is 4.02. The van der Waals surface area contributed by atoms with Gasteiger partial charge in [-0.3, -0.25) is 4.79 Å². The van der Waals surface area contributed by atoms with Gasteiger partial charge in [-0.2, -0.15) is 0 Å². The van der Waals surface area contributed by atoms with E-state index in [0.29, 0.717) is 11.5 Å². The van der Waals surface area contributed by atoms with Gasteiger partial charge in [-0.25, -0.2) is 9.97 Å². The van der Waals surface area contributed by atoms with Crippen molar-refractivity contribution >= 4 is 23.1 Å². The molecule has 2 saturated heterocycles. The van der Waals surface area contributed by atoms with Crippen LogP contribution >= 0.6 is 0 Å². The van der Waals surface area contributed by atoms with Crippen molar-refractivity contribution in [2.45, 2.75) is 45.4 Å². The molecule has 0 aliphatic carbocycles. The molecule has 1 aromatic heterocycles. The third-order valence-corrected chi connectivity index (χ3v) is 5.58. The van der Waals surface area contributed by atoms with Crippen LogP contribution in [0, 0.1) is 6.92 Å².